The van der Waals surface area contributed by atoms with Crippen molar-refractivity contribution < 1.29 is 8.83 Å². The molecule has 4 atom stereocenters. The molecule has 8 bridgehead atoms. The van der Waals surface area contributed by atoms with E-state index in [0.717, 1.165) is 95.3 Å². The third kappa shape index (κ3) is 3.91. The van der Waals surface area contributed by atoms with Crippen molar-refractivity contribution in [2.45, 2.75) is 87.9 Å². The van der Waals surface area contributed by atoms with E-state index in [4.69, 9.17) is 8.83 Å². The van der Waals surface area contributed by atoms with Gasteiger partial charge in [-0.25, -0.2) is 0 Å². The SMILES string of the molecule is N#Cc1cc2c(c3c1C1CC4CC(C1)CC3C4)c1cc(-c3c4c(cc5oc6ccccc6c35)oc3ccccc34)cc3c4c5c(c(C#N)cc4n2c13)C1CC2CC(C1)CC5C2. The zero-order valence-electron chi connectivity index (χ0n) is 33.9. The molecule has 4 heterocycles. The zero-order valence-corrected chi connectivity index (χ0v) is 33.9. The lowest BCUT2D eigenvalue weighted by atomic mass is 9.67. The fourth-order valence-electron chi connectivity index (χ4n) is 16.0. The minimum Gasteiger partial charge on any atom is -0.456 e. The highest BCUT2D eigenvalue weighted by Crippen LogP contribution is 2.62. The molecule has 0 saturated heterocycles. The average Bonchev–Trinajstić information content (AvgIpc) is 3.95. The van der Waals surface area contributed by atoms with E-state index in [1.807, 2.05) is 0 Å². The van der Waals surface area contributed by atoms with Gasteiger partial charge >= 0.3 is 0 Å². The Labute approximate surface area is 351 Å². The molecule has 0 spiro atoms. The Morgan fingerprint density at radius 2 is 0.869 bits per heavy atom. The van der Waals surface area contributed by atoms with Crippen molar-refractivity contribution in [3.63, 3.8) is 0 Å². The van der Waals surface area contributed by atoms with E-state index < -0.39 is 0 Å². The summed E-state index contributed by atoms with van der Waals surface area (Å²) in [5, 5.41) is 31.9. The van der Waals surface area contributed by atoms with Crippen molar-refractivity contribution in [2.75, 3.05) is 0 Å². The van der Waals surface area contributed by atoms with Crippen molar-refractivity contribution in [3.8, 4) is 23.3 Å². The maximum Gasteiger partial charge on any atom is 0.139 e. The van der Waals surface area contributed by atoms with Crippen LogP contribution in [0.5, 0.6) is 0 Å². The number of aromatic nitrogens is 1. The molecule has 5 heteroatoms. The predicted molar refractivity (Wildman–Crippen MR) is 242 cm³/mol. The molecule has 6 aromatic carbocycles. The van der Waals surface area contributed by atoms with Crippen LogP contribution >= 0.6 is 0 Å². The summed E-state index contributed by atoms with van der Waals surface area (Å²) in [5.74, 6) is 4.72. The molecule has 5 nitrogen and oxygen atoms in total. The van der Waals surface area contributed by atoms with Crippen LogP contribution in [0.1, 0.15) is 121 Å². The number of rotatable bonds is 1. The third-order valence-electron chi connectivity index (χ3n) is 17.6. The molecule has 4 saturated carbocycles. The largest absolute Gasteiger partial charge is 0.456 e. The number of hydrogen-bond donors (Lipinski definition) is 0. The van der Waals surface area contributed by atoms with Crippen LogP contribution < -0.4 is 0 Å². The van der Waals surface area contributed by atoms with Gasteiger partial charge in [0.1, 0.15) is 22.3 Å². The molecule has 4 aromatic heterocycles. The molecule has 0 amide bonds. The monoisotopic (exact) mass is 787 g/mol. The van der Waals surface area contributed by atoms with Crippen LogP contribution in [0.2, 0.25) is 0 Å². The molecule has 4 unspecified atom stereocenters. The average molecular weight is 788 g/mol. The van der Waals surface area contributed by atoms with E-state index in [1.54, 1.807) is 0 Å². The highest BCUT2D eigenvalue weighted by atomic mass is 16.3. The first kappa shape index (κ1) is 32.5. The quantitative estimate of drug-likeness (QED) is 0.166. The lowest BCUT2D eigenvalue weighted by Gasteiger charge is -2.38. The molecule has 8 aliphatic carbocycles. The van der Waals surface area contributed by atoms with E-state index in [-0.39, 0.29) is 0 Å². The Kier molecular flexibility index (Phi) is 5.83. The summed E-state index contributed by atoms with van der Waals surface area (Å²) in [6.07, 6.45) is 12.4. The maximum absolute atomic E-state index is 11.1. The molecule has 0 aliphatic heterocycles. The Morgan fingerprint density at radius 3 is 1.31 bits per heavy atom. The molecule has 4 fully saturated rings. The maximum atomic E-state index is 11.1. The summed E-state index contributed by atoms with van der Waals surface area (Å²) in [6.45, 7) is 0. The van der Waals surface area contributed by atoms with E-state index >= 15 is 0 Å². The fourth-order valence-corrected chi connectivity index (χ4v) is 16.0. The van der Waals surface area contributed by atoms with E-state index in [2.05, 4.69) is 95.4 Å². The lowest BCUT2D eigenvalue weighted by molar-refractivity contribution is 0.166. The first-order valence-electron chi connectivity index (χ1n) is 23.0. The molecule has 18 rings (SSSR count). The summed E-state index contributed by atoms with van der Waals surface area (Å²) in [6, 6.07) is 34.2. The Morgan fingerprint density at radius 1 is 0.443 bits per heavy atom. The molecule has 10 aromatic rings. The van der Waals surface area contributed by atoms with E-state index in [0.29, 0.717) is 23.7 Å². The van der Waals surface area contributed by atoms with Gasteiger partial charge in [-0.3, -0.25) is 0 Å². The smallest absolute Gasteiger partial charge is 0.139 e. The Hall–Kier alpha value is -6.30. The van der Waals surface area contributed by atoms with Gasteiger partial charge in [0, 0.05) is 54.7 Å². The first-order chi connectivity index (χ1) is 30.1. The third-order valence-corrected chi connectivity index (χ3v) is 17.6. The zero-order chi connectivity index (χ0) is 39.6. The van der Waals surface area contributed by atoms with Gasteiger partial charge in [-0.1, -0.05) is 36.4 Å². The van der Waals surface area contributed by atoms with Gasteiger partial charge in [-0.2, -0.15) is 10.5 Å². The number of para-hydroxylation sites is 2. The normalized spacial score (nSPS) is 27.3. The van der Waals surface area contributed by atoms with E-state index in [1.165, 1.54) is 119 Å². The van der Waals surface area contributed by atoms with E-state index in [9.17, 15) is 10.5 Å². The predicted octanol–water partition coefficient (Wildman–Crippen LogP) is 14.8. The molecular weight excluding hydrogens is 747 g/mol. The molecule has 8 aliphatic rings. The van der Waals surface area contributed by atoms with Crippen LogP contribution in [0.3, 0.4) is 0 Å². The minimum absolute atomic E-state index is 0.441. The second kappa shape index (κ2) is 11.0. The highest BCUT2D eigenvalue weighted by Gasteiger charge is 2.47. The summed E-state index contributed by atoms with van der Waals surface area (Å²) in [7, 11) is 0. The summed E-state index contributed by atoms with van der Waals surface area (Å²) in [5.41, 5.74) is 16.7. The van der Waals surface area contributed by atoms with Gasteiger partial charge in [0.15, 0.2) is 0 Å². The van der Waals surface area contributed by atoms with Gasteiger partial charge in [0.2, 0.25) is 0 Å². The van der Waals surface area contributed by atoms with Crippen molar-refractivity contribution in [1.29, 1.82) is 10.5 Å². The van der Waals surface area contributed by atoms with Gasteiger partial charge in [0.25, 0.3) is 0 Å². The van der Waals surface area contributed by atoms with Crippen molar-refractivity contribution in [3.05, 3.63) is 112 Å². The van der Waals surface area contributed by atoms with Crippen LogP contribution in [0, 0.1) is 46.3 Å². The van der Waals surface area contributed by atoms with Crippen LogP contribution in [0.25, 0.3) is 93.1 Å². The van der Waals surface area contributed by atoms with Gasteiger partial charge in [0.05, 0.1) is 39.8 Å². The van der Waals surface area contributed by atoms with Crippen molar-refractivity contribution in [2.24, 2.45) is 23.7 Å². The van der Waals surface area contributed by atoms with Crippen molar-refractivity contribution in [1.82, 2.24) is 4.40 Å². The minimum atomic E-state index is 0.441. The second-order valence-electron chi connectivity index (χ2n) is 20.6. The molecule has 0 N–H and O–H groups in total. The Balaban J connectivity index is 1.15. The van der Waals surface area contributed by atoms with Crippen LogP contribution in [0.15, 0.2) is 87.7 Å². The standard InChI is InChI=1S/C56H41N3O2/c57-24-35-21-41-52(49-32-15-26-9-27(16-32)12-30(11-26)47(35)49)39-19-34(51-54-37-5-1-3-7-43(37)60-45(54)23-46-55(51)38-6-2-4-8-44(38)61-46)20-40-53-42(59(41)56(39)40)22-36(25-58)48-31-13-28-10-29(14-31)18-33(17-28)50(48)53/h1-8,19-23,26-33H,9-18H2. The summed E-state index contributed by atoms with van der Waals surface area (Å²) in [4.78, 5) is 0. The molecule has 0 radical (unpaired) electrons. The van der Waals surface area contributed by atoms with Crippen LogP contribution in [-0.4, -0.2) is 4.40 Å². The van der Waals surface area contributed by atoms with Crippen LogP contribution in [-0.2, 0) is 0 Å². The first-order valence-corrected chi connectivity index (χ1v) is 23.0. The number of nitrogens with zero attached hydrogens (tertiary/aromatic N) is 3. The lowest BCUT2D eigenvalue weighted by Crippen LogP contribution is -2.25. The fraction of sp³-hybridized carbons (Fsp3) is 0.321. The van der Waals surface area contributed by atoms with Crippen LogP contribution in [0.4, 0.5) is 0 Å². The number of fused-ring (bicyclic) bond motifs is 12. The molecular formula is C56H41N3O2. The second-order valence-corrected chi connectivity index (χ2v) is 20.6. The number of nitriles is 2. The van der Waals surface area contributed by atoms with Gasteiger partial charge < -0.3 is 13.2 Å². The summed E-state index contributed by atoms with van der Waals surface area (Å²) < 4.78 is 16.0. The van der Waals surface area contributed by atoms with Crippen molar-refractivity contribution >= 4 is 82.0 Å². The van der Waals surface area contributed by atoms with Gasteiger partial charge in [-0.15, -0.1) is 0 Å². The number of furan rings is 2. The molecule has 292 valence electrons. The van der Waals surface area contributed by atoms with Gasteiger partial charge in [-0.05, 0) is 176 Å². The highest BCUT2D eigenvalue weighted by molar-refractivity contribution is 6.30. The topological polar surface area (TPSA) is 78.3 Å². The summed E-state index contributed by atoms with van der Waals surface area (Å²) >= 11 is 0. The Bertz CT molecular complexity index is 3500. The number of hydrogen-bond acceptors (Lipinski definition) is 4. The molecule has 61 heavy (non-hydrogen) atoms. The number of benzene rings is 6.